The van der Waals surface area contributed by atoms with Gasteiger partial charge in [-0.3, -0.25) is 5.10 Å². The van der Waals surface area contributed by atoms with E-state index in [0.717, 1.165) is 61.9 Å². The van der Waals surface area contributed by atoms with Crippen molar-refractivity contribution in [3.8, 4) is 28.5 Å². The first kappa shape index (κ1) is 17.6. The minimum Gasteiger partial charge on any atom is -0.353 e. The highest BCUT2D eigenvalue weighted by Gasteiger charge is 2.16. The molecule has 6 aromatic rings. The van der Waals surface area contributed by atoms with Crippen molar-refractivity contribution in [2.24, 2.45) is 7.05 Å². The van der Waals surface area contributed by atoms with E-state index in [-0.39, 0.29) is 0 Å². The van der Waals surface area contributed by atoms with Crippen LogP contribution < -0.4 is 0 Å². The Kier molecular flexibility index (Phi) is 3.64. The molecule has 0 fully saturated rings. The standard InChI is InChI=1S/C23H20N8/c1-13-11-31(12-25-13)20-6-4-5-16-15(20)9-19(26-16)23-22-18(28-29-23)8-7-17(27-22)21-10-24-14(2)30(21)3/h4-12,26H,1-3H3,(H,28,29). The topological polar surface area (TPSA) is 93.0 Å². The van der Waals surface area contributed by atoms with Crippen LogP contribution in [-0.4, -0.2) is 39.3 Å². The van der Waals surface area contributed by atoms with Crippen molar-refractivity contribution < 1.29 is 0 Å². The molecule has 8 heteroatoms. The van der Waals surface area contributed by atoms with E-state index >= 15 is 0 Å². The SMILES string of the molecule is Cc1cn(-c2cccc3[nH]c(-c4n[nH]c5ccc(-c6cnc(C)n6C)nc45)cc23)cn1. The van der Waals surface area contributed by atoms with Gasteiger partial charge in [-0.25, -0.2) is 15.0 Å². The fourth-order valence-electron chi connectivity index (χ4n) is 4.01. The van der Waals surface area contributed by atoms with Crippen molar-refractivity contribution in [1.82, 2.24) is 39.3 Å². The lowest BCUT2D eigenvalue weighted by Gasteiger charge is -2.03. The Labute approximate surface area is 177 Å². The van der Waals surface area contributed by atoms with Crippen LogP contribution in [0.25, 0.3) is 50.4 Å². The third-order valence-electron chi connectivity index (χ3n) is 5.78. The Bertz CT molecular complexity index is 1580. The summed E-state index contributed by atoms with van der Waals surface area (Å²) in [5, 5.41) is 8.78. The van der Waals surface area contributed by atoms with E-state index < -0.39 is 0 Å². The molecule has 31 heavy (non-hydrogen) atoms. The Morgan fingerprint density at radius 3 is 2.68 bits per heavy atom. The normalized spacial score (nSPS) is 11.7. The van der Waals surface area contributed by atoms with Gasteiger partial charge in [-0.2, -0.15) is 5.10 Å². The van der Waals surface area contributed by atoms with E-state index in [4.69, 9.17) is 4.98 Å². The predicted octanol–water partition coefficient (Wildman–Crippen LogP) is 4.31. The molecule has 0 amide bonds. The van der Waals surface area contributed by atoms with Crippen molar-refractivity contribution >= 4 is 21.9 Å². The number of imidazole rings is 2. The summed E-state index contributed by atoms with van der Waals surface area (Å²) in [5.41, 5.74) is 8.34. The Hall–Kier alpha value is -4.20. The summed E-state index contributed by atoms with van der Waals surface area (Å²) in [7, 11) is 2.00. The molecule has 1 aromatic carbocycles. The van der Waals surface area contributed by atoms with Gasteiger partial charge >= 0.3 is 0 Å². The molecule has 0 aliphatic carbocycles. The number of benzene rings is 1. The number of hydrogen-bond acceptors (Lipinski definition) is 4. The number of rotatable bonds is 3. The molecule has 0 unspecified atom stereocenters. The van der Waals surface area contributed by atoms with Gasteiger partial charge in [0.1, 0.15) is 17.0 Å². The fraction of sp³-hybridized carbons (Fsp3) is 0.130. The number of nitrogens with zero attached hydrogens (tertiary/aromatic N) is 6. The lowest BCUT2D eigenvalue weighted by molar-refractivity contribution is 0.862. The molecule has 0 saturated carbocycles. The van der Waals surface area contributed by atoms with E-state index in [2.05, 4.69) is 43.3 Å². The summed E-state index contributed by atoms with van der Waals surface area (Å²) in [4.78, 5) is 17.2. The zero-order valence-electron chi connectivity index (χ0n) is 17.4. The van der Waals surface area contributed by atoms with E-state index in [1.165, 1.54) is 0 Å². The van der Waals surface area contributed by atoms with Crippen molar-refractivity contribution in [3.63, 3.8) is 0 Å². The molecule has 152 valence electrons. The molecular formula is C23H20N8. The highest BCUT2D eigenvalue weighted by Crippen LogP contribution is 2.31. The maximum atomic E-state index is 4.92. The number of H-pyrrole nitrogens is 2. The van der Waals surface area contributed by atoms with Crippen molar-refractivity contribution in [2.45, 2.75) is 13.8 Å². The van der Waals surface area contributed by atoms with Gasteiger partial charge in [-0.15, -0.1) is 0 Å². The fourth-order valence-corrected chi connectivity index (χ4v) is 4.01. The van der Waals surface area contributed by atoms with Crippen LogP contribution in [-0.2, 0) is 7.05 Å². The second-order valence-corrected chi connectivity index (χ2v) is 7.76. The van der Waals surface area contributed by atoms with Crippen LogP contribution in [0.2, 0.25) is 0 Å². The summed E-state index contributed by atoms with van der Waals surface area (Å²) in [6.07, 6.45) is 5.71. The first-order valence-corrected chi connectivity index (χ1v) is 10.1. The van der Waals surface area contributed by atoms with Gasteiger partial charge in [-0.05, 0) is 44.2 Å². The number of aromatic nitrogens is 8. The lowest BCUT2D eigenvalue weighted by atomic mass is 10.2. The number of aromatic amines is 2. The highest BCUT2D eigenvalue weighted by molar-refractivity contribution is 5.97. The first-order valence-electron chi connectivity index (χ1n) is 10.1. The van der Waals surface area contributed by atoms with Crippen LogP contribution in [0.3, 0.4) is 0 Å². The summed E-state index contributed by atoms with van der Waals surface area (Å²) in [6.45, 7) is 3.97. The van der Waals surface area contributed by atoms with Crippen molar-refractivity contribution in [3.05, 3.63) is 66.6 Å². The van der Waals surface area contributed by atoms with Gasteiger partial charge in [0.15, 0.2) is 0 Å². The van der Waals surface area contributed by atoms with Crippen LogP contribution in [0.4, 0.5) is 0 Å². The smallest absolute Gasteiger partial charge is 0.135 e. The van der Waals surface area contributed by atoms with Crippen LogP contribution in [0, 0.1) is 13.8 Å². The molecular weight excluding hydrogens is 388 g/mol. The average Bonchev–Trinajstić information content (AvgIpc) is 3.54. The van der Waals surface area contributed by atoms with Crippen LogP contribution >= 0.6 is 0 Å². The van der Waals surface area contributed by atoms with Gasteiger partial charge in [0, 0.05) is 24.1 Å². The van der Waals surface area contributed by atoms with Crippen molar-refractivity contribution in [2.75, 3.05) is 0 Å². The van der Waals surface area contributed by atoms with Gasteiger partial charge in [-0.1, -0.05) is 6.07 Å². The van der Waals surface area contributed by atoms with E-state index in [0.29, 0.717) is 0 Å². The molecule has 0 bridgehead atoms. The number of aryl methyl sites for hydroxylation is 2. The van der Waals surface area contributed by atoms with Gasteiger partial charge in [0.2, 0.25) is 0 Å². The quantitative estimate of drug-likeness (QED) is 0.456. The Morgan fingerprint density at radius 2 is 1.90 bits per heavy atom. The maximum absolute atomic E-state index is 4.92. The lowest BCUT2D eigenvalue weighted by Crippen LogP contribution is -1.96. The van der Waals surface area contributed by atoms with Crippen molar-refractivity contribution in [1.29, 1.82) is 0 Å². The minimum absolute atomic E-state index is 0.791. The molecule has 0 aliphatic heterocycles. The average molecular weight is 408 g/mol. The number of pyridine rings is 1. The third kappa shape index (κ3) is 2.68. The summed E-state index contributed by atoms with van der Waals surface area (Å²) in [6, 6.07) is 12.3. The molecule has 5 aromatic heterocycles. The van der Waals surface area contributed by atoms with Gasteiger partial charge < -0.3 is 14.1 Å². The van der Waals surface area contributed by atoms with E-state index in [1.54, 1.807) is 0 Å². The van der Waals surface area contributed by atoms with Gasteiger partial charge in [0.25, 0.3) is 0 Å². The zero-order valence-corrected chi connectivity index (χ0v) is 17.4. The number of fused-ring (bicyclic) bond motifs is 2. The first-order chi connectivity index (χ1) is 15.1. The van der Waals surface area contributed by atoms with Crippen LogP contribution in [0.15, 0.2) is 55.1 Å². The molecule has 0 aliphatic rings. The Morgan fingerprint density at radius 1 is 1.00 bits per heavy atom. The zero-order chi connectivity index (χ0) is 21.1. The van der Waals surface area contributed by atoms with Crippen LogP contribution in [0.5, 0.6) is 0 Å². The molecule has 0 radical (unpaired) electrons. The van der Waals surface area contributed by atoms with Crippen LogP contribution in [0.1, 0.15) is 11.5 Å². The third-order valence-corrected chi connectivity index (χ3v) is 5.78. The summed E-state index contributed by atoms with van der Waals surface area (Å²) < 4.78 is 4.08. The second kappa shape index (κ2) is 6.40. The number of nitrogens with one attached hydrogen (secondary N) is 2. The largest absolute Gasteiger partial charge is 0.353 e. The summed E-state index contributed by atoms with van der Waals surface area (Å²) in [5.74, 6) is 0.946. The predicted molar refractivity (Wildman–Crippen MR) is 120 cm³/mol. The molecule has 2 N–H and O–H groups in total. The molecule has 6 rings (SSSR count). The minimum atomic E-state index is 0.791. The summed E-state index contributed by atoms with van der Waals surface area (Å²) >= 11 is 0. The maximum Gasteiger partial charge on any atom is 0.135 e. The molecule has 0 saturated heterocycles. The van der Waals surface area contributed by atoms with E-state index in [9.17, 15) is 0 Å². The van der Waals surface area contributed by atoms with E-state index in [1.807, 2.05) is 66.9 Å². The molecule has 0 atom stereocenters. The monoisotopic (exact) mass is 408 g/mol. The Balaban J connectivity index is 1.52. The molecule has 0 spiro atoms. The second-order valence-electron chi connectivity index (χ2n) is 7.76. The highest BCUT2D eigenvalue weighted by atomic mass is 15.1. The molecule has 8 nitrogen and oxygen atoms in total. The number of hydrogen-bond donors (Lipinski definition) is 2. The molecule has 5 heterocycles. The van der Waals surface area contributed by atoms with Gasteiger partial charge in [0.05, 0.1) is 46.5 Å².